The first-order valence-electron chi connectivity index (χ1n) is 16.1. The molecule has 4 aliphatic heterocycles. The fraction of sp³-hybridized carbons (Fsp3) is 0.964. The quantitative estimate of drug-likeness (QED) is 0.0737. The van der Waals surface area contributed by atoms with Crippen molar-refractivity contribution in [2.75, 3.05) is 33.0 Å². The Labute approximate surface area is 285 Å². The van der Waals surface area contributed by atoms with Crippen LogP contribution in [0.3, 0.4) is 0 Å². The minimum atomic E-state index is -2.19. The normalized spacial score (nSPS) is 48.7. The highest BCUT2D eigenvalue weighted by Crippen LogP contribution is 2.36. The smallest absolute Gasteiger partial charge is 0.335 e. The first kappa shape index (κ1) is 41.4. The predicted octanol–water partition coefficient (Wildman–Crippen LogP) is -7.60. The Kier molecular flexibility index (Phi) is 15.0. The molecule has 0 aliphatic carbocycles. The van der Waals surface area contributed by atoms with E-state index < -0.39 is 135 Å². The van der Waals surface area contributed by atoms with Crippen LogP contribution >= 0.6 is 0 Å². The summed E-state index contributed by atoms with van der Waals surface area (Å²) in [4.78, 5) is 12.6. The van der Waals surface area contributed by atoms with Gasteiger partial charge in [0, 0.05) is 6.54 Å². The summed E-state index contributed by atoms with van der Waals surface area (Å²) in [6.07, 6.45) is -35.6. The second kappa shape index (κ2) is 18.1. The Morgan fingerprint density at radius 2 is 1.10 bits per heavy atom. The zero-order valence-corrected chi connectivity index (χ0v) is 27.2. The predicted molar refractivity (Wildman–Crippen MR) is 155 cm³/mol. The van der Waals surface area contributed by atoms with E-state index in [-0.39, 0.29) is 26.4 Å². The molecule has 0 bridgehead atoms. The molecule has 50 heavy (non-hydrogen) atoms. The summed E-state index contributed by atoms with van der Waals surface area (Å²) in [7, 11) is 0. The molecule has 4 saturated heterocycles. The molecule has 292 valence electrons. The lowest BCUT2D eigenvalue weighted by molar-refractivity contribution is -0.397. The molecule has 22 heteroatoms. The van der Waals surface area contributed by atoms with E-state index in [4.69, 9.17) is 48.4 Å². The summed E-state index contributed by atoms with van der Waals surface area (Å²) >= 11 is 0. The molecule has 20 unspecified atom stereocenters. The average Bonchev–Trinajstić information content (AvgIpc) is 3.08. The SMILES string of the molecule is CC1OC(OC2C(C(=O)O)OC(OC3C(OCCOCCN)OC(C)C(O)C3O)C(O)C2OC2OC(CO)C(O)C(O)C2O)C(O)C(O)C1O. The molecule has 4 heterocycles. The van der Waals surface area contributed by atoms with Gasteiger partial charge in [0.15, 0.2) is 31.3 Å². The van der Waals surface area contributed by atoms with Crippen molar-refractivity contribution in [3.05, 3.63) is 0 Å². The largest absolute Gasteiger partial charge is 0.479 e. The standard InChI is InChI=1S/C28H49NO21/c1-8-11(31)14(34)17(37)25(44-8)49-22-20(47-26-18(38)15(35)13(33)10(7-30)46-26)19(39)27(50-23(22)24(40)41)48-21-16(36)12(32)9(2)45-28(21)43-6-5-42-4-3-29/h8-23,25-28,30-39H,3-7,29H2,1-2H3,(H,40,41). The second-order valence-corrected chi connectivity index (χ2v) is 12.4. The van der Waals surface area contributed by atoms with Crippen LogP contribution in [-0.4, -0.2) is 218 Å². The van der Waals surface area contributed by atoms with Crippen LogP contribution < -0.4 is 5.73 Å². The van der Waals surface area contributed by atoms with E-state index in [2.05, 4.69) is 0 Å². The van der Waals surface area contributed by atoms with Crippen LogP contribution in [0.25, 0.3) is 0 Å². The first-order chi connectivity index (χ1) is 23.6. The number of nitrogens with two attached hydrogens (primary N) is 1. The number of rotatable bonds is 14. The van der Waals surface area contributed by atoms with E-state index in [1.165, 1.54) is 13.8 Å². The maximum absolute atomic E-state index is 12.6. The van der Waals surface area contributed by atoms with Gasteiger partial charge in [-0.3, -0.25) is 0 Å². The van der Waals surface area contributed by atoms with Gasteiger partial charge in [0.05, 0.1) is 38.6 Å². The number of carboxylic acid groups (broad SMARTS) is 1. The van der Waals surface area contributed by atoms with Crippen LogP contribution in [0, 0.1) is 0 Å². The number of aliphatic hydroxyl groups excluding tert-OH is 10. The van der Waals surface area contributed by atoms with Crippen LogP contribution in [0.15, 0.2) is 0 Å². The van der Waals surface area contributed by atoms with Gasteiger partial charge in [0.1, 0.15) is 79.4 Å². The van der Waals surface area contributed by atoms with Gasteiger partial charge in [-0.25, -0.2) is 4.79 Å². The van der Waals surface area contributed by atoms with Gasteiger partial charge in [-0.15, -0.1) is 0 Å². The van der Waals surface area contributed by atoms with E-state index >= 15 is 0 Å². The molecule has 22 nitrogen and oxygen atoms in total. The lowest BCUT2D eigenvalue weighted by Crippen LogP contribution is -2.68. The number of hydrogen-bond donors (Lipinski definition) is 12. The molecule has 4 rings (SSSR count). The minimum Gasteiger partial charge on any atom is -0.479 e. The maximum atomic E-state index is 12.6. The number of ether oxygens (including phenoxy) is 9. The van der Waals surface area contributed by atoms with Crippen LogP contribution in [0.1, 0.15) is 13.8 Å². The second-order valence-electron chi connectivity index (χ2n) is 12.4. The Balaban J connectivity index is 1.65. The summed E-state index contributed by atoms with van der Waals surface area (Å²) in [6.45, 7) is 2.25. The summed E-state index contributed by atoms with van der Waals surface area (Å²) in [6, 6.07) is 0. The number of hydrogen-bond acceptors (Lipinski definition) is 21. The fourth-order valence-electron chi connectivity index (χ4n) is 5.90. The van der Waals surface area contributed by atoms with Gasteiger partial charge in [0.2, 0.25) is 0 Å². The molecule has 0 amide bonds. The van der Waals surface area contributed by atoms with E-state index in [0.717, 1.165) is 0 Å². The van der Waals surface area contributed by atoms with Crippen molar-refractivity contribution in [3.63, 3.8) is 0 Å². The molecule has 0 aromatic rings. The third-order valence-electron chi connectivity index (χ3n) is 8.85. The number of aliphatic carboxylic acids is 1. The van der Waals surface area contributed by atoms with Gasteiger partial charge in [0.25, 0.3) is 0 Å². The van der Waals surface area contributed by atoms with Crippen molar-refractivity contribution >= 4 is 5.97 Å². The van der Waals surface area contributed by atoms with Crippen LogP contribution in [-0.2, 0) is 47.4 Å². The summed E-state index contributed by atoms with van der Waals surface area (Å²) < 4.78 is 50.2. The molecular formula is C28H49NO21. The molecule has 4 aliphatic rings. The maximum Gasteiger partial charge on any atom is 0.335 e. The number of carboxylic acids is 1. The van der Waals surface area contributed by atoms with Crippen molar-refractivity contribution in [3.8, 4) is 0 Å². The molecule has 0 aromatic heterocycles. The van der Waals surface area contributed by atoms with Crippen molar-refractivity contribution in [1.29, 1.82) is 0 Å². The van der Waals surface area contributed by atoms with Gasteiger partial charge >= 0.3 is 5.97 Å². The Morgan fingerprint density at radius 1 is 0.580 bits per heavy atom. The van der Waals surface area contributed by atoms with Gasteiger partial charge in [-0.1, -0.05) is 0 Å². The van der Waals surface area contributed by atoms with Crippen molar-refractivity contribution in [1.82, 2.24) is 0 Å². The van der Waals surface area contributed by atoms with Crippen LogP contribution in [0.5, 0.6) is 0 Å². The molecular weight excluding hydrogens is 686 g/mol. The highest BCUT2D eigenvalue weighted by atomic mass is 16.8. The van der Waals surface area contributed by atoms with Gasteiger partial charge in [-0.2, -0.15) is 0 Å². The Morgan fingerprint density at radius 3 is 1.70 bits per heavy atom. The molecule has 0 radical (unpaired) electrons. The van der Waals surface area contributed by atoms with Gasteiger partial charge in [-0.05, 0) is 13.8 Å². The fourth-order valence-corrected chi connectivity index (χ4v) is 5.90. The zero-order valence-electron chi connectivity index (χ0n) is 27.2. The van der Waals surface area contributed by atoms with Crippen molar-refractivity contribution in [2.24, 2.45) is 5.73 Å². The third-order valence-corrected chi connectivity index (χ3v) is 8.85. The van der Waals surface area contributed by atoms with Crippen LogP contribution in [0.2, 0.25) is 0 Å². The molecule has 20 atom stereocenters. The highest BCUT2D eigenvalue weighted by Gasteiger charge is 2.57. The van der Waals surface area contributed by atoms with E-state index in [0.29, 0.717) is 0 Å². The topological polar surface area (TPSA) is 349 Å². The van der Waals surface area contributed by atoms with Crippen LogP contribution in [0.4, 0.5) is 0 Å². The zero-order chi connectivity index (χ0) is 37.0. The number of carbonyl (C=O) groups is 1. The van der Waals surface area contributed by atoms with Gasteiger partial charge < -0.3 is 105 Å². The average molecular weight is 736 g/mol. The van der Waals surface area contributed by atoms with E-state index in [1.807, 2.05) is 0 Å². The lowest BCUT2D eigenvalue weighted by Gasteiger charge is -2.49. The van der Waals surface area contributed by atoms with E-state index in [9.17, 15) is 61.0 Å². The highest BCUT2D eigenvalue weighted by molar-refractivity contribution is 5.73. The minimum absolute atomic E-state index is 0.0356. The van der Waals surface area contributed by atoms with E-state index in [1.54, 1.807) is 0 Å². The lowest BCUT2D eigenvalue weighted by atomic mass is 9.95. The Bertz CT molecular complexity index is 1060. The molecule has 0 aromatic carbocycles. The molecule has 13 N–H and O–H groups in total. The Hall–Kier alpha value is -1.33. The van der Waals surface area contributed by atoms with Crippen molar-refractivity contribution in [2.45, 2.75) is 137 Å². The summed E-state index contributed by atoms with van der Waals surface area (Å²) in [5.41, 5.74) is 5.40. The molecule has 0 saturated carbocycles. The molecule has 0 spiro atoms. The molecule has 4 fully saturated rings. The summed E-state index contributed by atoms with van der Waals surface area (Å²) in [5.74, 6) is -1.77. The van der Waals surface area contributed by atoms with Crippen molar-refractivity contribution < 1.29 is 104 Å². The third kappa shape index (κ3) is 9.06. The first-order valence-corrected chi connectivity index (χ1v) is 16.1. The number of aliphatic hydroxyl groups is 10. The monoisotopic (exact) mass is 735 g/mol. The summed E-state index contributed by atoms with van der Waals surface area (Å²) in [5, 5.41) is 115.